The van der Waals surface area contributed by atoms with Crippen LogP contribution in [0.1, 0.15) is 39.3 Å². The summed E-state index contributed by atoms with van der Waals surface area (Å²) in [6.45, 7) is 1.99. The summed E-state index contributed by atoms with van der Waals surface area (Å²) in [6, 6.07) is 24.1. The Morgan fingerprint density at radius 3 is 2.46 bits per heavy atom. The number of carbonyl (C=O) groups excluding carboxylic acids is 3. The SMILES string of the molecule is CC(=O)Oc1ccc(/C=N\NC(=O)c2ccc([C@@H]3SCC(=O)N3CCc3ccccc3)cc2)cc1. The first-order valence-corrected chi connectivity index (χ1v) is 12.2. The van der Waals surface area contributed by atoms with Crippen molar-refractivity contribution in [3.05, 3.63) is 101 Å². The zero-order valence-corrected chi connectivity index (χ0v) is 20.0. The fourth-order valence-corrected chi connectivity index (χ4v) is 4.90. The van der Waals surface area contributed by atoms with E-state index in [1.165, 1.54) is 18.7 Å². The van der Waals surface area contributed by atoms with Gasteiger partial charge in [-0.15, -0.1) is 11.8 Å². The van der Waals surface area contributed by atoms with E-state index < -0.39 is 0 Å². The van der Waals surface area contributed by atoms with Crippen LogP contribution in [0.5, 0.6) is 5.75 Å². The van der Waals surface area contributed by atoms with Crippen molar-refractivity contribution in [2.45, 2.75) is 18.7 Å². The van der Waals surface area contributed by atoms with E-state index in [0.717, 1.165) is 17.5 Å². The second-order valence-corrected chi connectivity index (χ2v) is 9.04. The number of amides is 2. The summed E-state index contributed by atoms with van der Waals surface area (Å²) >= 11 is 1.60. The Balaban J connectivity index is 1.33. The largest absolute Gasteiger partial charge is 0.427 e. The van der Waals surface area contributed by atoms with Crippen LogP contribution in [0.15, 0.2) is 84.0 Å². The molecule has 0 radical (unpaired) electrons. The normalized spacial score (nSPS) is 15.4. The standard InChI is InChI=1S/C27H25N3O4S/c1-19(31)34-24-13-7-21(8-14-24)17-28-29-26(33)22-9-11-23(12-10-22)27-30(25(32)18-35-27)16-15-20-5-3-2-4-6-20/h2-14,17,27H,15-16,18H2,1H3,(H,29,33)/b28-17-/t27-/m0/s1. The Hall–Kier alpha value is -3.91. The minimum absolute atomic E-state index is 0.0590. The van der Waals surface area contributed by atoms with E-state index in [4.69, 9.17) is 4.74 Å². The minimum atomic E-state index is -0.386. The highest BCUT2D eigenvalue weighted by atomic mass is 32.2. The van der Waals surface area contributed by atoms with Gasteiger partial charge in [0.1, 0.15) is 11.1 Å². The fourth-order valence-electron chi connectivity index (χ4n) is 3.68. The van der Waals surface area contributed by atoms with Gasteiger partial charge in [-0.05, 0) is 59.5 Å². The van der Waals surface area contributed by atoms with Gasteiger partial charge in [0, 0.05) is 19.0 Å². The minimum Gasteiger partial charge on any atom is -0.427 e. The molecule has 1 N–H and O–H groups in total. The van der Waals surface area contributed by atoms with E-state index >= 15 is 0 Å². The van der Waals surface area contributed by atoms with Gasteiger partial charge in [0.2, 0.25) is 5.91 Å². The lowest BCUT2D eigenvalue weighted by Crippen LogP contribution is -2.30. The van der Waals surface area contributed by atoms with E-state index in [-0.39, 0.29) is 23.2 Å². The number of esters is 1. The number of nitrogens with zero attached hydrogens (tertiary/aromatic N) is 2. The molecule has 35 heavy (non-hydrogen) atoms. The molecule has 1 aliphatic rings. The first kappa shape index (κ1) is 24.2. The molecule has 1 fully saturated rings. The molecule has 1 saturated heterocycles. The van der Waals surface area contributed by atoms with Crippen LogP contribution in [0, 0.1) is 0 Å². The van der Waals surface area contributed by atoms with E-state index in [2.05, 4.69) is 22.7 Å². The maximum atomic E-state index is 12.5. The number of rotatable bonds is 8. The molecule has 2 amide bonds. The molecule has 4 rings (SSSR count). The molecule has 0 aromatic heterocycles. The topological polar surface area (TPSA) is 88.1 Å². The average Bonchev–Trinajstić information content (AvgIpc) is 3.24. The highest BCUT2D eigenvalue weighted by molar-refractivity contribution is 8.00. The van der Waals surface area contributed by atoms with Crippen LogP contribution in [-0.4, -0.2) is 41.2 Å². The number of hydrogen-bond acceptors (Lipinski definition) is 6. The van der Waals surface area contributed by atoms with Crippen molar-refractivity contribution in [3.8, 4) is 5.75 Å². The summed E-state index contributed by atoms with van der Waals surface area (Å²) in [4.78, 5) is 37.8. The van der Waals surface area contributed by atoms with Crippen LogP contribution in [0.2, 0.25) is 0 Å². The molecule has 3 aromatic rings. The van der Waals surface area contributed by atoms with Crippen molar-refractivity contribution < 1.29 is 19.1 Å². The molecule has 7 nitrogen and oxygen atoms in total. The van der Waals surface area contributed by atoms with Crippen molar-refractivity contribution in [1.29, 1.82) is 0 Å². The molecule has 1 aliphatic heterocycles. The van der Waals surface area contributed by atoms with Crippen LogP contribution in [0.25, 0.3) is 0 Å². The van der Waals surface area contributed by atoms with E-state index in [1.807, 2.05) is 35.2 Å². The Bertz CT molecular complexity index is 1210. The lowest BCUT2D eigenvalue weighted by molar-refractivity contribution is -0.132. The Labute approximate surface area is 208 Å². The Kier molecular flexibility index (Phi) is 7.95. The number of nitrogens with one attached hydrogen (secondary N) is 1. The summed E-state index contributed by atoms with van der Waals surface area (Å²) < 4.78 is 4.99. The van der Waals surface area contributed by atoms with Gasteiger partial charge in [0.25, 0.3) is 5.91 Å². The van der Waals surface area contributed by atoms with Crippen molar-refractivity contribution >= 4 is 35.8 Å². The number of hydrazone groups is 1. The molecule has 0 unspecified atom stereocenters. The van der Waals surface area contributed by atoms with Crippen molar-refractivity contribution in [3.63, 3.8) is 0 Å². The molecule has 8 heteroatoms. The van der Waals surface area contributed by atoms with Crippen molar-refractivity contribution in [2.75, 3.05) is 12.3 Å². The molecule has 0 spiro atoms. The van der Waals surface area contributed by atoms with Crippen molar-refractivity contribution in [2.24, 2.45) is 5.10 Å². The first-order valence-electron chi connectivity index (χ1n) is 11.2. The maximum absolute atomic E-state index is 12.5. The van der Waals surface area contributed by atoms with Crippen LogP contribution < -0.4 is 10.2 Å². The van der Waals surface area contributed by atoms with E-state index in [0.29, 0.717) is 23.6 Å². The third-order valence-corrected chi connectivity index (χ3v) is 6.69. The maximum Gasteiger partial charge on any atom is 0.308 e. The molecule has 3 aromatic carbocycles. The third-order valence-electron chi connectivity index (χ3n) is 5.43. The summed E-state index contributed by atoms with van der Waals surface area (Å²) in [6.07, 6.45) is 2.31. The number of carbonyl (C=O) groups is 3. The zero-order valence-electron chi connectivity index (χ0n) is 19.2. The average molecular weight is 488 g/mol. The number of benzene rings is 3. The molecule has 1 atom stereocenters. The summed E-state index contributed by atoms with van der Waals surface area (Å²) in [5.74, 6) is 0.314. The summed E-state index contributed by atoms with van der Waals surface area (Å²) in [5, 5.41) is 3.94. The van der Waals surface area contributed by atoms with Crippen LogP contribution in [0.4, 0.5) is 0 Å². The monoisotopic (exact) mass is 487 g/mol. The molecule has 0 saturated carbocycles. The van der Waals surface area contributed by atoms with Crippen molar-refractivity contribution in [1.82, 2.24) is 10.3 Å². The lowest BCUT2D eigenvalue weighted by Gasteiger charge is -2.24. The van der Waals surface area contributed by atoms with E-state index in [9.17, 15) is 14.4 Å². The Morgan fingerprint density at radius 1 is 1.06 bits per heavy atom. The smallest absolute Gasteiger partial charge is 0.308 e. The molecule has 0 aliphatic carbocycles. The van der Waals surface area contributed by atoms with Gasteiger partial charge in [-0.2, -0.15) is 5.10 Å². The second kappa shape index (κ2) is 11.5. The number of thioether (sulfide) groups is 1. The third kappa shape index (κ3) is 6.58. The van der Waals surface area contributed by atoms with Crippen LogP contribution >= 0.6 is 11.8 Å². The van der Waals surface area contributed by atoms with Crippen LogP contribution in [-0.2, 0) is 16.0 Å². The van der Waals surface area contributed by atoms with Gasteiger partial charge in [-0.3, -0.25) is 14.4 Å². The predicted octanol–water partition coefficient (Wildman–Crippen LogP) is 4.19. The molecular weight excluding hydrogens is 462 g/mol. The lowest BCUT2D eigenvalue weighted by atomic mass is 10.1. The zero-order chi connectivity index (χ0) is 24.6. The Morgan fingerprint density at radius 2 is 1.77 bits per heavy atom. The highest BCUT2D eigenvalue weighted by Gasteiger charge is 2.32. The van der Waals surface area contributed by atoms with Gasteiger partial charge in [-0.25, -0.2) is 5.43 Å². The number of ether oxygens (including phenoxy) is 1. The fraction of sp³-hybridized carbons (Fsp3) is 0.185. The quantitative estimate of drug-likeness (QED) is 0.223. The van der Waals surface area contributed by atoms with Gasteiger partial charge in [-0.1, -0.05) is 42.5 Å². The van der Waals surface area contributed by atoms with Gasteiger partial charge < -0.3 is 9.64 Å². The van der Waals surface area contributed by atoms with Gasteiger partial charge in [0.05, 0.1) is 12.0 Å². The molecular formula is C27H25N3O4S. The highest BCUT2D eigenvalue weighted by Crippen LogP contribution is 2.38. The number of hydrogen-bond donors (Lipinski definition) is 1. The molecule has 0 bridgehead atoms. The van der Waals surface area contributed by atoms with Gasteiger partial charge in [0.15, 0.2) is 0 Å². The molecule has 178 valence electrons. The second-order valence-electron chi connectivity index (χ2n) is 7.97. The summed E-state index contributed by atoms with van der Waals surface area (Å²) in [5.41, 5.74) is 5.92. The molecule has 1 heterocycles. The summed E-state index contributed by atoms with van der Waals surface area (Å²) in [7, 11) is 0. The van der Waals surface area contributed by atoms with Gasteiger partial charge >= 0.3 is 5.97 Å². The van der Waals surface area contributed by atoms with E-state index in [1.54, 1.807) is 48.2 Å². The van der Waals surface area contributed by atoms with Crippen LogP contribution in [0.3, 0.4) is 0 Å². The predicted molar refractivity (Wildman–Crippen MR) is 136 cm³/mol. The first-order chi connectivity index (χ1) is 17.0.